The van der Waals surface area contributed by atoms with Crippen LogP contribution in [0.1, 0.15) is 51.4 Å². The summed E-state index contributed by atoms with van der Waals surface area (Å²) in [6, 6.07) is -1.06. The first-order chi connectivity index (χ1) is 13.9. The molecule has 4 heterocycles. The highest BCUT2D eigenvalue weighted by Gasteiger charge is 2.48. The number of aromatic nitrogens is 2. The smallest absolute Gasteiger partial charge is 0.724 e. The first-order valence-electron chi connectivity index (χ1n) is 9.92. The maximum Gasteiger partial charge on any atom is 1.00 e. The van der Waals surface area contributed by atoms with Crippen LogP contribution in [0, 0.1) is 0 Å². The zero-order valence-corrected chi connectivity index (χ0v) is 16.8. The maximum atomic E-state index is 12.4. The van der Waals surface area contributed by atoms with E-state index in [9.17, 15) is 17.8 Å². The molecule has 3 aliphatic rings. The summed E-state index contributed by atoms with van der Waals surface area (Å²) in [7, 11) is -5.01. The average molecular weight is 430 g/mol. The lowest BCUT2D eigenvalue weighted by atomic mass is 10.0. The van der Waals surface area contributed by atoms with Crippen molar-refractivity contribution < 1.29 is 27.9 Å². The number of carbonyl (C=O) groups excluding carboxylic acids is 1. The van der Waals surface area contributed by atoms with Crippen LogP contribution in [0.4, 0.5) is 4.79 Å². The van der Waals surface area contributed by atoms with E-state index in [1.165, 1.54) is 4.90 Å². The van der Waals surface area contributed by atoms with Crippen molar-refractivity contribution in [3.8, 4) is 0 Å². The molecular weight excluding hydrogens is 404 g/mol. The number of rotatable bonds is 8. The molecule has 29 heavy (non-hydrogen) atoms. The molecule has 2 bridgehead atoms. The highest BCUT2D eigenvalue weighted by molar-refractivity contribution is 7.80. The van der Waals surface area contributed by atoms with Crippen LogP contribution in [-0.4, -0.2) is 77.4 Å². The lowest BCUT2D eigenvalue weighted by molar-refractivity contribution is -0.0328. The van der Waals surface area contributed by atoms with Crippen molar-refractivity contribution >= 4 is 16.4 Å². The van der Waals surface area contributed by atoms with Gasteiger partial charge in [-0.25, -0.2) is 13.2 Å². The molecular formula is C16H26N6O6S. The summed E-state index contributed by atoms with van der Waals surface area (Å²) in [4.78, 5) is 13.8. The lowest BCUT2D eigenvalue weighted by Gasteiger charge is -2.27. The average Bonchev–Trinajstić information content (AvgIpc) is 3.25. The fourth-order valence-corrected chi connectivity index (χ4v) is 4.54. The predicted molar refractivity (Wildman–Crippen MR) is 98.1 cm³/mol. The third-order valence-electron chi connectivity index (χ3n) is 5.60. The molecule has 1 aromatic rings. The van der Waals surface area contributed by atoms with Gasteiger partial charge in [-0.15, -0.1) is 10.2 Å². The van der Waals surface area contributed by atoms with Crippen molar-refractivity contribution in [2.75, 3.05) is 26.2 Å². The van der Waals surface area contributed by atoms with Gasteiger partial charge in [0.2, 0.25) is 22.2 Å². The van der Waals surface area contributed by atoms with Crippen LogP contribution in [-0.2, 0) is 21.1 Å². The Hall–Kier alpha value is -1.80. The number of hydroxylamine groups is 2. The van der Waals surface area contributed by atoms with Gasteiger partial charge in [-0.3, -0.25) is 0 Å². The molecule has 4 rings (SSSR count). The van der Waals surface area contributed by atoms with Gasteiger partial charge >= 0.3 is 7.46 Å². The van der Waals surface area contributed by atoms with Gasteiger partial charge in [0.15, 0.2) is 0 Å². The minimum absolute atomic E-state index is 0. The first-order valence-corrected chi connectivity index (χ1v) is 11.3. The second-order valence-corrected chi connectivity index (χ2v) is 8.57. The predicted octanol–water partition coefficient (Wildman–Crippen LogP) is -0.211. The van der Waals surface area contributed by atoms with Crippen molar-refractivity contribution in [3.63, 3.8) is 0 Å². The fraction of sp³-hybridized carbons (Fsp3) is 0.812. The van der Waals surface area contributed by atoms with Crippen LogP contribution >= 0.6 is 0 Å². The second kappa shape index (κ2) is 8.52. The van der Waals surface area contributed by atoms with Gasteiger partial charge in [0.05, 0.1) is 6.04 Å². The molecule has 0 saturated carbocycles. The van der Waals surface area contributed by atoms with E-state index in [1.807, 2.05) is 0 Å². The standard InChI is InChI=1S/C16H26N6O6S/c23-16-21-10-12(22(16)28-29(24,25)26)3-4-13(21)15-20-19-14(27-15)2-1-7-18-11-5-8-17-9-6-11/h11-13,17-18H,1-10H2,(H,24,25,26)/t12-,13+/m1/s1. The lowest BCUT2D eigenvalue weighted by Crippen LogP contribution is -2.40. The van der Waals surface area contributed by atoms with Crippen LogP contribution < -0.4 is 10.6 Å². The minimum atomic E-state index is -5.01. The molecule has 2 N–H and O–H groups in total. The molecule has 3 fully saturated rings. The number of fused-ring (bicyclic) bond motifs is 2. The van der Waals surface area contributed by atoms with Crippen molar-refractivity contribution in [3.05, 3.63) is 11.8 Å². The molecule has 0 aromatic carbocycles. The van der Waals surface area contributed by atoms with Gasteiger partial charge in [-0.2, -0.15) is 9.35 Å². The molecule has 2 amide bonds. The Morgan fingerprint density at radius 3 is 2.83 bits per heavy atom. The molecule has 3 aliphatic heterocycles. The van der Waals surface area contributed by atoms with Gasteiger partial charge in [0, 0.05) is 19.0 Å². The number of nitrogens with one attached hydrogen (secondary N) is 2. The molecule has 2 atom stereocenters. The zero-order valence-electron chi connectivity index (χ0n) is 16.9. The Morgan fingerprint density at radius 1 is 1.28 bits per heavy atom. The van der Waals surface area contributed by atoms with Crippen LogP contribution in [0.15, 0.2) is 4.42 Å². The third kappa shape index (κ3) is 4.86. The summed E-state index contributed by atoms with van der Waals surface area (Å²) >= 11 is 0. The van der Waals surface area contributed by atoms with E-state index in [0.29, 0.717) is 42.1 Å². The van der Waals surface area contributed by atoms with E-state index < -0.39 is 28.5 Å². The van der Waals surface area contributed by atoms with Gasteiger partial charge in [-0.05, 0) is 51.7 Å². The number of urea groups is 1. The monoisotopic (exact) mass is 430 g/mol. The van der Waals surface area contributed by atoms with Gasteiger partial charge in [0.25, 0.3) is 0 Å². The Kier molecular flexibility index (Phi) is 6.01. The van der Waals surface area contributed by atoms with Crippen molar-refractivity contribution in [2.45, 2.75) is 56.7 Å². The Morgan fingerprint density at radius 2 is 2.07 bits per heavy atom. The number of hydrogen-bond donors (Lipinski definition) is 2. The molecule has 12 nitrogen and oxygen atoms in total. The van der Waals surface area contributed by atoms with Crippen LogP contribution in [0.25, 0.3) is 0 Å². The van der Waals surface area contributed by atoms with Gasteiger partial charge in [0.1, 0.15) is 6.04 Å². The normalized spacial score (nSPS) is 25.8. The third-order valence-corrected chi connectivity index (χ3v) is 5.94. The summed E-state index contributed by atoms with van der Waals surface area (Å²) in [5, 5.41) is 15.7. The van der Waals surface area contributed by atoms with Crippen LogP contribution in [0.2, 0.25) is 0 Å². The number of carbonyl (C=O) groups is 1. The molecule has 1 aromatic heterocycles. The quantitative estimate of drug-likeness (QED) is 0.322. The Labute approximate surface area is 170 Å². The van der Waals surface area contributed by atoms with Gasteiger partial charge < -0.3 is 24.5 Å². The Balaban J connectivity index is 0.00000256. The van der Waals surface area contributed by atoms with E-state index >= 15 is 0 Å². The summed E-state index contributed by atoms with van der Waals surface area (Å²) < 4.78 is 42.7. The van der Waals surface area contributed by atoms with Crippen molar-refractivity contribution in [2.24, 2.45) is 0 Å². The van der Waals surface area contributed by atoms with Crippen molar-refractivity contribution in [1.82, 2.24) is 30.8 Å². The largest absolute Gasteiger partial charge is 1.00 e. The van der Waals surface area contributed by atoms with E-state index in [0.717, 1.165) is 38.9 Å². The summed E-state index contributed by atoms with van der Waals surface area (Å²) in [6.45, 7) is 3.21. The van der Waals surface area contributed by atoms with Gasteiger partial charge in [-0.1, -0.05) is 0 Å². The van der Waals surface area contributed by atoms with Crippen molar-refractivity contribution in [1.29, 1.82) is 0 Å². The molecule has 0 radical (unpaired) electrons. The topological polar surface area (TPSA) is 153 Å². The second-order valence-electron chi connectivity index (χ2n) is 7.61. The number of piperidine rings is 2. The number of aryl methyl sites for hydroxylation is 1. The number of amides is 2. The molecule has 162 valence electrons. The zero-order chi connectivity index (χ0) is 20.4. The van der Waals surface area contributed by atoms with E-state index in [-0.39, 0.29) is 7.97 Å². The van der Waals surface area contributed by atoms with Crippen LogP contribution in [0.3, 0.4) is 0 Å². The number of nitrogens with zero attached hydrogens (tertiary/aromatic N) is 4. The molecule has 3 saturated heterocycles. The van der Waals surface area contributed by atoms with Crippen LogP contribution in [0.5, 0.6) is 0 Å². The maximum absolute atomic E-state index is 12.4. The van der Waals surface area contributed by atoms with E-state index in [1.54, 1.807) is 0 Å². The summed E-state index contributed by atoms with van der Waals surface area (Å²) in [5.41, 5.74) is 0. The summed E-state index contributed by atoms with van der Waals surface area (Å²) in [6.07, 6.45) is 4.76. The SMILES string of the molecule is O=C1N2C[C@@H](CC[C@H]2c2nnc(CCCNC3CCNCC3)o2)N1OS(=O)(=O)[O-].[H+]. The molecule has 0 spiro atoms. The Bertz CT molecular complexity index is 832. The molecule has 0 unspecified atom stereocenters. The fourth-order valence-electron chi connectivity index (χ4n) is 4.16. The molecule has 13 heteroatoms. The minimum Gasteiger partial charge on any atom is -0.724 e. The first kappa shape index (κ1) is 20.5. The number of hydrogen-bond acceptors (Lipinski definition) is 10. The highest BCUT2D eigenvalue weighted by Crippen LogP contribution is 2.38. The van der Waals surface area contributed by atoms with E-state index in [2.05, 4.69) is 25.1 Å². The molecule has 0 aliphatic carbocycles. The highest BCUT2D eigenvalue weighted by atomic mass is 32.3. The van der Waals surface area contributed by atoms with E-state index in [4.69, 9.17) is 4.42 Å². The summed E-state index contributed by atoms with van der Waals surface area (Å²) in [5.74, 6) is 0.834.